The van der Waals surface area contributed by atoms with Crippen LogP contribution < -0.4 is 10.3 Å². The number of ether oxygens (including phenoxy) is 1. The standard InChI is InChI=1S/C14H14BrIN2O2/c1-3-4-11-12(16)14(19)18-13(17-11)9-7-8(20-2)5-6-10(9)15/h5-7H,3-4H2,1-2H3,(H,17,18,19). The quantitative estimate of drug-likeness (QED) is 0.724. The third kappa shape index (κ3) is 3.22. The molecule has 6 heteroatoms. The van der Waals surface area contributed by atoms with Crippen molar-refractivity contribution in [3.63, 3.8) is 0 Å². The fraction of sp³-hybridized carbons (Fsp3) is 0.286. The normalized spacial score (nSPS) is 10.6. The first kappa shape index (κ1) is 15.5. The fourth-order valence-corrected chi connectivity index (χ4v) is 2.81. The van der Waals surface area contributed by atoms with Gasteiger partial charge in [0.15, 0.2) is 0 Å². The predicted molar refractivity (Wildman–Crippen MR) is 91.3 cm³/mol. The molecule has 0 spiro atoms. The number of rotatable bonds is 4. The molecule has 0 fully saturated rings. The summed E-state index contributed by atoms with van der Waals surface area (Å²) < 4.78 is 6.75. The third-order valence-electron chi connectivity index (χ3n) is 2.85. The first-order chi connectivity index (χ1) is 9.56. The third-order valence-corrected chi connectivity index (χ3v) is 4.65. The SMILES string of the molecule is CCCc1nc(-c2cc(OC)ccc2Br)[nH]c(=O)c1I. The van der Waals surface area contributed by atoms with Gasteiger partial charge in [-0.05, 0) is 47.2 Å². The molecular weight excluding hydrogens is 435 g/mol. The topological polar surface area (TPSA) is 55.0 Å². The van der Waals surface area contributed by atoms with Crippen LogP contribution in [0.25, 0.3) is 11.4 Å². The summed E-state index contributed by atoms with van der Waals surface area (Å²) in [6, 6.07) is 5.59. The molecule has 20 heavy (non-hydrogen) atoms. The molecule has 2 rings (SSSR count). The van der Waals surface area contributed by atoms with Gasteiger partial charge in [0.1, 0.15) is 11.6 Å². The lowest BCUT2D eigenvalue weighted by atomic mass is 10.2. The Bertz CT molecular complexity index is 685. The van der Waals surface area contributed by atoms with E-state index in [0.29, 0.717) is 9.39 Å². The predicted octanol–water partition coefficient (Wildman–Crippen LogP) is 3.77. The summed E-state index contributed by atoms with van der Waals surface area (Å²) in [5.74, 6) is 1.28. The van der Waals surface area contributed by atoms with Crippen LogP contribution in [0.15, 0.2) is 27.5 Å². The molecule has 2 aromatic rings. The molecule has 0 saturated carbocycles. The number of halogens is 2. The Labute approximate surface area is 139 Å². The van der Waals surface area contributed by atoms with Crippen molar-refractivity contribution in [2.24, 2.45) is 0 Å². The number of benzene rings is 1. The molecule has 1 aromatic heterocycles. The minimum Gasteiger partial charge on any atom is -0.497 e. The number of nitrogens with zero attached hydrogens (tertiary/aromatic N) is 1. The van der Waals surface area contributed by atoms with Gasteiger partial charge in [0.05, 0.1) is 16.4 Å². The van der Waals surface area contributed by atoms with Crippen molar-refractivity contribution in [2.75, 3.05) is 7.11 Å². The Kier molecular flexibility index (Phi) is 5.20. The second kappa shape index (κ2) is 6.71. The number of aromatic nitrogens is 2. The molecule has 0 aliphatic heterocycles. The number of hydrogen-bond donors (Lipinski definition) is 1. The van der Waals surface area contributed by atoms with E-state index in [-0.39, 0.29) is 5.56 Å². The van der Waals surface area contributed by atoms with Gasteiger partial charge in [-0.15, -0.1) is 0 Å². The van der Waals surface area contributed by atoms with E-state index >= 15 is 0 Å². The van der Waals surface area contributed by atoms with Gasteiger partial charge in [0.25, 0.3) is 5.56 Å². The lowest BCUT2D eigenvalue weighted by Gasteiger charge is -2.09. The van der Waals surface area contributed by atoms with Gasteiger partial charge in [-0.3, -0.25) is 4.79 Å². The molecule has 0 aliphatic carbocycles. The molecule has 4 nitrogen and oxygen atoms in total. The number of aromatic amines is 1. The molecule has 1 heterocycles. The minimum atomic E-state index is -0.103. The van der Waals surface area contributed by atoms with E-state index in [0.717, 1.165) is 34.3 Å². The number of nitrogens with one attached hydrogen (secondary N) is 1. The maximum absolute atomic E-state index is 12.0. The van der Waals surface area contributed by atoms with Gasteiger partial charge in [-0.1, -0.05) is 29.3 Å². The van der Waals surface area contributed by atoms with Crippen LogP contribution in [-0.2, 0) is 6.42 Å². The Balaban J connectivity index is 2.60. The van der Waals surface area contributed by atoms with Crippen LogP contribution in [0, 0.1) is 3.57 Å². The van der Waals surface area contributed by atoms with Crippen molar-refractivity contribution < 1.29 is 4.74 Å². The summed E-state index contributed by atoms with van der Waals surface area (Å²) in [5, 5.41) is 0. The van der Waals surface area contributed by atoms with E-state index in [9.17, 15) is 4.79 Å². The van der Waals surface area contributed by atoms with Gasteiger partial charge in [0.2, 0.25) is 0 Å². The number of hydrogen-bond acceptors (Lipinski definition) is 3. The second-order valence-corrected chi connectivity index (χ2v) is 6.20. The molecule has 0 atom stereocenters. The van der Waals surface area contributed by atoms with E-state index < -0.39 is 0 Å². The zero-order valence-corrected chi connectivity index (χ0v) is 14.9. The van der Waals surface area contributed by atoms with Gasteiger partial charge in [-0.25, -0.2) is 4.98 Å². The molecule has 1 aromatic carbocycles. The second-order valence-electron chi connectivity index (χ2n) is 4.27. The first-order valence-electron chi connectivity index (χ1n) is 6.19. The zero-order valence-electron chi connectivity index (χ0n) is 11.2. The molecule has 1 N–H and O–H groups in total. The van der Waals surface area contributed by atoms with E-state index in [1.807, 2.05) is 40.8 Å². The molecule has 106 valence electrons. The molecule has 0 aliphatic rings. The maximum atomic E-state index is 12.0. The van der Waals surface area contributed by atoms with Crippen molar-refractivity contribution in [3.05, 3.63) is 42.3 Å². The zero-order chi connectivity index (χ0) is 14.7. The van der Waals surface area contributed by atoms with Crippen LogP contribution >= 0.6 is 38.5 Å². The Morgan fingerprint density at radius 2 is 2.20 bits per heavy atom. The van der Waals surface area contributed by atoms with E-state index in [4.69, 9.17) is 4.74 Å². The molecule has 0 bridgehead atoms. The van der Waals surface area contributed by atoms with Crippen molar-refractivity contribution >= 4 is 38.5 Å². The summed E-state index contributed by atoms with van der Waals surface area (Å²) in [7, 11) is 1.61. The summed E-state index contributed by atoms with van der Waals surface area (Å²) in [6.45, 7) is 2.07. The minimum absolute atomic E-state index is 0.103. The highest BCUT2D eigenvalue weighted by atomic mass is 127. The first-order valence-corrected chi connectivity index (χ1v) is 8.06. The maximum Gasteiger partial charge on any atom is 0.264 e. The number of H-pyrrole nitrogens is 1. The van der Waals surface area contributed by atoms with Crippen molar-refractivity contribution in [1.82, 2.24) is 9.97 Å². The molecule has 0 amide bonds. The Hall–Kier alpha value is -0.890. The average molecular weight is 449 g/mol. The van der Waals surface area contributed by atoms with Gasteiger partial charge >= 0.3 is 0 Å². The van der Waals surface area contributed by atoms with Gasteiger partial charge < -0.3 is 9.72 Å². The Morgan fingerprint density at radius 1 is 1.45 bits per heavy atom. The van der Waals surface area contributed by atoms with Crippen LogP contribution in [0.2, 0.25) is 0 Å². The summed E-state index contributed by atoms with van der Waals surface area (Å²) >= 11 is 5.53. The number of methoxy groups -OCH3 is 1. The lowest BCUT2D eigenvalue weighted by Crippen LogP contribution is -2.16. The number of aryl methyl sites for hydroxylation is 1. The summed E-state index contributed by atoms with van der Waals surface area (Å²) in [6.07, 6.45) is 1.74. The highest BCUT2D eigenvalue weighted by molar-refractivity contribution is 14.1. The fourth-order valence-electron chi connectivity index (χ4n) is 1.85. The van der Waals surface area contributed by atoms with E-state index in [2.05, 4.69) is 32.8 Å². The largest absolute Gasteiger partial charge is 0.497 e. The molecular formula is C14H14BrIN2O2. The smallest absolute Gasteiger partial charge is 0.264 e. The monoisotopic (exact) mass is 448 g/mol. The highest BCUT2D eigenvalue weighted by Crippen LogP contribution is 2.29. The van der Waals surface area contributed by atoms with Crippen molar-refractivity contribution in [3.8, 4) is 17.1 Å². The summed E-state index contributed by atoms with van der Waals surface area (Å²) in [5.41, 5.74) is 1.55. The van der Waals surface area contributed by atoms with Gasteiger partial charge in [-0.2, -0.15) is 0 Å². The van der Waals surface area contributed by atoms with Gasteiger partial charge in [0, 0.05) is 10.0 Å². The molecule has 0 unspecified atom stereocenters. The van der Waals surface area contributed by atoms with E-state index in [1.54, 1.807) is 7.11 Å². The molecule has 0 saturated heterocycles. The van der Waals surface area contributed by atoms with Crippen LogP contribution in [0.4, 0.5) is 0 Å². The summed E-state index contributed by atoms with van der Waals surface area (Å²) in [4.78, 5) is 19.4. The van der Waals surface area contributed by atoms with Crippen LogP contribution in [0.3, 0.4) is 0 Å². The van der Waals surface area contributed by atoms with Crippen LogP contribution in [0.1, 0.15) is 19.0 Å². The van der Waals surface area contributed by atoms with Crippen molar-refractivity contribution in [1.29, 1.82) is 0 Å². The highest BCUT2D eigenvalue weighted by Gasteiger charge is 2.12. The van der Waals surface area contributed by atoms with Crippen molar-refractivity contribution in [2.45, 2.75) is 19.8 Å². The van der Waals surface area contributed by atoms with E-state index in [1.165, 1.54) is 0 Å². The molecule has 0 radical (unpaired) electrons. The average Bonchev–Trinajstić information content (AvgIpc) is 2.44. The lowest BCUT2D eigenvalue weighted by molar-refractivity contribution is 0.415. The van der Waals surface area contributed by atoms with Crippen LogP contribution in [0.5, 0.6) is 5.75 Å². The van der Waals surface area contributed by atoms with Crippen LogP contribution in [-0.4, -0.2) is 17.1 Å². The Morgan fingerprint density at radius 3 is 2.85 bits per heavy atom.